The molecule has 1 fully saturated rings. The van der Waals surface area contributed by atoms with Crippen molar-refractivity contribution in [2.24, 2.45) is 0 Å². The van der Waals surface area contributed by atoms with Gasteiger partial charge in [0.25, 0.3) is 0 Å². The van der Waals surface area contributed by atoms with Crippen LogP contribution >= 0.6 is 11.6 Å². The van der Waals surface area contributed by atoms with Gasteiger partial charge in [-0.3, -0.25) is 0 Å². The van der Waals surface area contributed by atoms with E-state index in [9.17, 15) is 8.42 Å². The number of nitrogens with zero attached hydrogens (tertiary/aromatic N) is 1. The minimum Gasteiger partial charge on any atom is -0.212 e. The Bertz CT molecular complexity index is 547. The molecule has 0 bridgehead atoms. The van der Waals surface area contributed by atoms with Gasteiger partial charge in [-0.05, 0) is 24.3 Å². The first kappa shape index (κ1) is 16.8. The molecule has 0 radical (unpaired) electrons. The zero-order valence-corrected chi connectivity index (χ0v) is 14.3. The van der Waals surface area contributed by atoms with Gasteiger partial charge in [-0.2, -0.15) is 0 Å². The maximum atomic E-state index is 12.6. The van der Waals surface area contributed by atoms with Crippen LogP contribution in [0.1, 0.15) is 44.1 Å². The lowest BCUT2D eigenvalue weighted by Gasteiger charge is -2.34. The minimum absolute atomic E-state index is 0.0176. The molecule has 1 aliphatic rings. The highest BCUT2D eigenvalue weighted by Gasteiger charge is 2.34. The summed E-state index contributed by atoms with van der Waals surface area (Å²) in [7, 11) is -1.61. The van der Waals surface area contributed by atoms with Crippen LogP contribution in [0.5, 0.6) is 0 Å². The van der Waals surface area contributed by atoms with Gasteiger partial charge in [-0.25, -0.2) is 12.7 Å². The first-order valence-electron chi connectivity index (χ1n) is 7.56. The molecule has 0 amide bonds. The Hall–Kier alpha value is -0.580. The summed E-state index contributed by atoms with van der Waals surface area (Å²) in [5.41, 5.74) is 1.06. The molecule has 2 rings (SSSR count). The Labute approximate surface area is 133 Å². The molecular formula is C16H24ClNO2S. The lowest BCUT2D eigenvalue weighted by atomic mass is 9.95. The highest BCUT2D eigenvalue weighted by atomic mass is 35.5. The Morgan fingerprint density at radius 2 is 1.86 bits per heavy atom. The highest BCUT2D eigenvalue weighted by molar-refractivity contribution is 7.89. The maximum Gasteiger partial charge on any atom is 0.214 e. The van der Waals surface area contributed by atoms with E-state index in [1.807, 2.05) is 37.3 Å². The van der Waals surface area contributed by atoms with E-state index < -0.39 is 10.0 Å². The van der Waals surface area contributed by atoms with E-state index in [4.69, 9.17) is 11.6 Å². The van der Waals surface area contributed by atoms with Crippen LogP contribution in [0.15, 0.2) is 30.3 Å². The third-order valence-corrected chi connectivity index (χ3v) is 6.96. The van der Waals surface area contributed by atoms with Crippen LogP contribution in [0.3, 0.4) is 0 Å². The van der Waals surface area contributed by atoms with Crippen molar-refractivity contribution in [1.82, 2.24) is 4.31 Å². The summed E-state index contributed by atoms with van der Waals surface area (Å²) in [6, 6.07) is 9.72. The van der Waals surface area contributed by atoms with Gasteiger partial charge in [-0.15, -0.1) is 11.6 Å². The van der Waals surface area contributed by atoms with Gasteiger partial charge in [-0.1, -0.05) is 50.1 Å². The average molecular weight is 330 g/mol. The molecule has 1 aliphatic carbocycles. The summed E-state index contributed by atoms with van der Waals surface area (Å²) in [4.78, 5) is 0. The van der Waals surface area contributed by atoms with Crippen molar-refractivity contribution in [3.8, 4) is 0 Å². The molecule has 1 aromatic rings. The first-order chi connectivity index (χ1) is 9.92. The normalized spacial score (nSPS) is 25.0. The molecule has 0 heterocycles. The molecule has 118 valence electrons. The molecule has 21 heavy (non-hydrogen) atoms. The van der Waals surface area contributed by atoms with Crippen molar-refractivity contribution in [1.29, 1.82) is 0 Å². The van der Waals surface area contributed by atoms with Gasteiger partial charge < -0.3 is 0 Å². The number of sulfonamides is 1. The van der Waals surface area contributed by atoms with E-state index in [0.29, 0.717) is 0 Å². The number of rotatable bonds is 5. The lowest BCUT2D eigenvalue weighted by Crippen LogP contribution is -2.45. The molecule has 0 aromatic heterocycles. The molecule has 0 spiro atoms. The molecule has 3 nitrogen and oxygen atoms in total. The van der Waals surface area contributed by atoms with Crippen LogP contribution in [0.25, 0.3) is 0 Å². The van der Waals surface area contributed by atoms with Crippen molar-refractivity contribution in [2.45, 2.75) is 49.9 Å². The fourth-order valence-electron chi connectivity index (χ4n) is 2.99. The Balaban J connectivity index is 2.07. The van der Waals surface area contributed by atoms with E-state index in [2.05, 4.69) is 0 Å². The zero-order valence-electron chi connectivity index (χ0n) is 12.7. The van der Waals surface area contributed by atoms with Gasteiger partial charge in [0.1, 0.15) is 0 Å². The van der Waals surface area contributed by atoms with Crippen molar-refractivity contribution in [3.05, 3.63) is 35.9 Å². The number of hydrogen-bond acceptors (Lipinski definition) is 2. The molecule has 3 unspecified atom stereocenters. The standard InChI is InChI=1S/C16H24ClNO2S/c1-13(14-8-4-3-5-9-14)12-21(19,20)18(2)16-11-7-6-10-15(16)17/h3-5,8-9,13,15-16H,6-7,10-12H2,1-2H3. The molecule has 0 saturated heterocycles. The van der Waals surface area contributed by atoms with E-state index in [-0.39, 0.29) is 23.1 Å². The number of hydrogen-bond donors (Lipinski definition) is 0. The second kappa shape index (κ2) is 7.12. The fourth-order valence-corrected chi connectivity index (χ4v) is 5.23. The van der Waals surface area contributed by atoms with Gasteiger partial charge in [0.2, 0.25) is 10.0 Å². The van der Waals surface area contributed by atoms with Crippen LogP contribution in [-0.2, 0) is 10.0 Å². The van der Waals surface area contributed by atoms with E-state index in [1.165, 1.54) is 4.31 Å². The summed E-state index contributed by atoms with van der Waals surface area (Å²) in [6.45, 7) is 1.96. The van der Waals surface area contributed by atoms with Gasteiger partial charge in [0.15, 0.2) is 0 Å². The van der Waals surface area contributed by atoms with Crippen LogP contribution in [0, 0.1) is 0 Å². The minimum atomic E-state index is -3.29. The smallest absolute Gasteiger partial charge is 0.212 e. The number of benzene rings is 1. The van der Waals surface area contributed by atoms with Gasteiger partial charge in [0, 0.05) is 13.1 Å². The van der Waals surface area contributed by atoms with Crippen molar-refractivity contribution >= 4 is 21.6 Å². The summed E-state index contributed by atoms with van der Waals surface area (Å²) in [5.74, 6) is 0.115. The van der Waals surface area contributed by atoms with Crippen LogP contribution in [0.2, 0.25) is 0 Å². The second-order valence-electron chi connectivity index (χ2n) is 5.97. The van der Waals surface area contributed by atoms with E-state index >= 15 is 0 Å². The lowest BCUT2D eigenvalue weighted by molar-refractivity contribution is 0.290. The monoisotopic (exact) mass is 329 g/mol. The molecule has 3 atom stereocenters. The SMILES string of the molecule is CC(CS(=O)(=O)N(C)C1CCCCC1Cl)c1ccccc1. The zero-order chi connectivity index (χ0) is 15.5. The first-order valence-corrected chi connectivity index (χ1v) is 9.61. The molecule has 0 N–H and O–H groups in total. The molecule has 1 aromatic carbocycles. The van der Waals surface area contributed by atoms with Gasteiger partial charge in [0.05, 0.1) is 11.1 Å². The largest absolute Gasteiger partial charge is 0.214 e. The third kappa shape index (κ3) is 4.21. The summed E-state index contributed by atoms with van der Waals surface area (Å²) < 4.78 is 26.8. The Morgan fingerprint density at radius 1 is 1.24 bits per heavy atom. The second-order valence-corrected chi connectivity index (χ2v) is 8.61. The van der Waals surface area contributed by atoms with Crippen LogP contribution in [-0.4, -0.2) is 36.9 Å². The number of halogens is 1. The van der Waals surface area contributed by atoms with Crippen LogP contribution in [0.4, 0.5) is 0 Å². The quantitative estimate of drug-likeness (QED) is 0.774. The fraction of sp³-hybridized carbons (Fsp3) is 0.625. The van der Waals surface area contributed by atoms with Crippen molar-refractivity contribution in [3.63, 3.8) is 0 Å². The van der Waals surface area contributed by atoms with Gasteiger partial charge >= 0.3 is 0 Å². The molecule has 1 saturated carbocycles. The van der Waals surface area contributed by atoms with Crippen molar-refractivity contribution < 1.29 is 8.42 Å². The average Bonchev–Trinajstić information content (AvgIpc) is 2.47. The summed E-state index contributed by atoms with van der Waals surface area (Å²) in [6.07, 6.45) is 3.92. The highest BCUT2D eigenvalue weighted by Crippen LogP contribution is 2.29. The van der Waals surface area contributed by atoms with E-state index in [1.54, 1.807) is 7.05 Å². The Kier molecular flexibility index (Phi) is 5.69. The summed E-state index contributed by atoms with van der Waals surface area (Å²) >= 11 is 6.33. The predicted octanol–water partition coefficient (Wildman–Crippen LogP) is 3.60. The molecule has 0 aliphatic heterocycles. The topological polar surface area (TPSA) is 37.4 Å². The van der Waals surface area contributed by atoms with Crippen LogP contribution < -0.4 is 0 Å². The van der Waals surface area contributed by atoms with E-state index in [0.717, 1.165) is 31.2 Å². The molecule has 5 heteroatoms. The maximum absolute atomic E-state index is 12.6. The van der Waals surface area contributed by atoms with Crippen molar-refractivity contribution in [2.75, 3.05) is 12.8 Å². The number of alkyl halides is 1. The summed E-state index contributed by atoms with van der Waals surface area (Å²) in [5, 5.41) is -0.0643. The molecular weight excluding hydrogens is 306 g/mol. The predicted molar refractivity (Wildman–Crippen MR) is 88.3 cm³/mol. The Morgan fingerprint density at radius 3 is 2.48 bits per heavy atom. The third-order valence-electron chi connectivity index (χ3n) is 4.38.